The summed E-state index contributed by atoms with van der Waals surface area (Å²) in [7, 11) is 0. The van der Waals surface area contributed by atoms with E-state index < -0.39 is 24.1 Å². The zero-order chi connectivity index (χ0) is 33.1. The van der Waals surface area contributed by atoms with E-state index in [1.807, 2.05) is 12.1 Å². The maximum Gasteiger partial charge on any atom is 0.331 e. The molecule has 0 spiro atoms. The van der Waals surface area contributed by atoms with Gasteiger partial charge in [0.05, 0.1) is 12.2 Å². The number of aliphatic carboxylic acids is 1. The SMILES string of the molecule is C=Cc1ccc(C(CC/C(C(=O)O)=C2\C3C[C@@H](O)[C@H]4[C@@]5(C)CC[C@@H](O)[C@@H](C)C5CC[C@]4(C)[C@@]3(C)C[C@@H]2OC(C)=O)=C(C)C)cc1. The van der Waals surface area contributed by atoms with E-state index in [1.54, 1.807) is 6.08 Å². The average molecular weight is 619 g/mol. The van der Waals surface area contributed by atoms with Gasteiger partial charge in [-0.1, -0.05) is 70.2 Å². The van der Waals surface area contributed by atoms with Gasteiger partial charge in [0.2, 0.25) is 0 Å². The Morgan fingerprint density at radius 2 is 1.64 bits per heavy atom. The van der Waals surface area contributed by atoms with Crippen LogP contribution in [0.25, 0.3) is 11.6 Å². The van der Waals surface area contributed by atoms with Gasteiger partial charge in [0, 0.05) is 12.5 Å². The minimum absolute atomic E-state index is 0.0152. The molecule has 0 aromatic heterocycles. The van der Waals surface area contributed by atoms with Crippen molar-refractivity contribution in [1.29, 1.82) is 0 Å². The number of benzene rings is 1. The number of carboxylic acid groups (broad SMARTS) is 1. The average Bonchev–Trinajstić information content (AvgIpc) is 3.24. The summed E-state index contributed by atoms with van der Waals surface area (Å²) in [5.74, 6) is -1.08. The number of allylic oxidation sites excluding steroid dienone is 2. The monoisotopic (exact) mass is 618 g/mol. The van der Waals surface area contributed by atoms with E-state index in [0.29, 0.717) is 42.7 Å². The quantitative estimate of drug-likeness (QED) is 0.213. The Kier molecular flexibility index (Phi) is 9.09. The minimum atomic E-state index is -0.978. The lowest BCUT2D eigenvalue weighted by Crippen LogP contribution is -2.65. The molecule has 4 aliphatic rings. The number of hydrogen-bond donors (Lipinski definition) is 3. The van der Waals surface area contributed by atoms with Crippen LogP contribution < -0.4 is 0 Å². The molecule has 1 aromatic carbocycles. The zero-order valence-corrected chi connectivity index (χ0v) is 28.4. The maximum absolute atomic E-state index is 13.1. The number of rotatable bonds is 7. The third-order valence-corrected chi connectivity index (χ3v) is 13.3. The van der Waals surface area contributed by atoms with Crippen molar-refractivity contribution < 1.29 is 29.6 Å². The molecule has 45 heavy (non-hydrogen) atoms. The normalized spacial score (nSPS) is 40.0. The number of carboxylic acids is 1. The van der Waals surface area contributed by atoms with Crippen molar-refractivity contribution in [2.24, 2.45) is 39.9 Å². The Hall–Kier alpha value is -2.70. The first-order chi connectivity index (χ1) is 21.1. The van der Waals surface area contributed by atoms with Crippen molar-refractivity contribution in [2.75, 3.05) is 0 Å². The first-order valence-corrected chi connectivity index (χ1v) is 17.0. The lowest BCUT2D eigenvalue weighted by Gasteiger charge is -2.69. The molecule has 0 bridgehead atoms. The molecule has 2 unspecified atom stereocenters. The number of fused-ring (bicyclic) bond motifs is 5. The zero-order valence-electron chi connectivity index (χ0n) is 28.4. The number of carbonyl (C=O) groups is 2. The van der Waals surface area contributed by atoms with Crippen LogP contribution in [0.4, 0.5) is 0 Å². The van der Waals surface area contributed by atoms with Gasteiger partial charge in [-0.15, -0.1) is 0 Å². The van der Waals surface area contributed by atoms with E-state index in [0.717, 1.165) is 48.0 Å². The van der Waals surface area contributed by atoms with Gasteiger partial charge < -0.3 is 20.1 Å². The molecule has 5 rings (SSSR count). The molecule has 10 atom stereocenters. The van der Waals surface area contributed by atoms with Crippen molar-refractivity contribution in [3.8, 4) is 0 Å². The van der Waals surface area contributed by atoms with E-state index in [1.165, 1.54) is 6.92 Å². The van der Waals surface area contributed by atoms with Crippen molar-refractivity contribution in [3.05, 3.63) is 58.7 Å². The molecular formula is C39H54O6. The molecule has 4 fully saturated rings. The number of carbonyl (C=O) groups excluding carboxylic acids is 1. The lowest BCUT2D eigenvalue weighted by molar-refractivity contribution is -0.234. The smallest absolute Gasteiger partial charge is 0.331 e. The van der Waals surface area contributed by atoms with E-state index in [2.05, 4.69) is 60.3 Å². The van der Waals surface area contributed by atoms with Crippen LogP contribution in [0, 0.1) is 39.9 Å². The molecule has 0 aliphatic heterocycles. The van der Waals surface area contributed by atoms with Crippen molar-refractivity contribution in [2.45, 2.75) is 118 Å². The molecule has 0 radical (unpaired) electrons. The highest BCUT2D eigenvalue weighted by atomic mass is 16.5. The van der Waals surface area contributed by atoms with Gasteiger partial charge in [-0.3, -0.25) is 4.79 Å². The largest absolute Gasteiger partial charge is 0.478 e. The van der Waals surface area contributed by atoms with E-state index in [4.69, 9.17) is 4.74 Å². The fraction of sp³-hybridized carbons (Fsp3) is 0.641. The second-order valence-corrected chi connectivity index (χ2v) is 15.6. The minimum Gasteiger partial charge on any atom is -0.478 e. The van der Waals surface area contributed by atoms with Gasteiger partial charge in [0.25, 0.3) is 0 Å². The molecule has 6 heteroatoms. The molecule has 4 aliphatic carbocycles. The van der Waals surface area contributed by atoms with E-state index >= 15 is 0 Å². The molecule has 246 valence electrons. The van der Waals surface area contributed by atoms with Gasteiger partial charge in [-0.2, -0.15) is 0 Å². The molecule has 0 saturated heterocycles. The summed E-state index contributed by atoms with van der Waals surface area (Å²) in [5, 5.41) is 33.6. The number of ether oxygens (including phenoxy) is 1. The predicted octanol–water partition coefficient (Wildman–Crippen LogP) is 7.84. The third kappa shape index (κ3) is 5.44. The fourth-order valence-electron chi connectivity index (χ4n) is 11.0. The first-order valence-electron chi connectivity index (χ1n) is 17.0. The highest BCUT2D eigenvalue weighted by Crippen LogP contribution is 2.74. The summed E-state index contributed by atoms with van der Waals surface area (Å²) in [6, 6.07) is 8.15. The van der Waals surface area contributed by atoms with Crippen LogP contribution in [-0.2, 0) is 14.3 Å². The Morgan fingerprint density at radius 1 is 0.978 bits per heavy atom. The van der Waals surface area contributed by atoms with Crippen LogP contribution in [0.15, 0.2) is 47.6 Å². The molecule has 0 amide bonds. The summed E-state index contributed by atoms with van der Waals surface area (Å²) in [5.41, 5.74) is 4.56. The second kappa shape index (κ2) is 12.2. The van der Waals surface area contributed by atoms with Crippen molar-refractivity contribution >= 4 is 23.6 Å². The number of aliphatic hydroxyl groups excluding tert-OH is 2. The molecule has 6 nitrogen and oxygen atoms in total. The fourth-order valence-corrected chi connectivity index (χ4v) is 11.0. The van der Waals surface area contributed by atoms with Crippen molar-refractivity contribution in [3.63, 3.8) is 0 Å². The van der Waals surface area contributed by atoms with E-state index in [-0.39, 0.29) is 40.1 Å². The van der Waals surface area contributed by atoms with Gasteiger partial charge in [0.15, 0.2) is 0 Å². The van der Waals surface area contributed by atoms with Crippen LogP contribution in [0.5, 0.6) is 0 Å². The van der Waals surface area contributed by atoms with Crippen LogP contribution in [0.1, 0.15) is 111 Å². The van der Waals surface area contributed by atoms with Crippen LogP contribution in [0.3, 0.4) is 0 Å². The number of esters is 1. The van der Waals surface area contributed by atoms with Crippen molar-refractivity contribution in [1.82, 2.24) is 0 Å². The number of hydrogen-bond acceptors (Lipinski definition) is 5. The summed E-state index contributed by atoms with van der Waals surface area (Å²) in [6.45, 7) is 18.4. The maximum atomic E-state index is 13.1. The summed E-state index contributed by atoms with van der Waals surface area (Å²) in [4.78, 5) is 25.6. The van der Waals surface area contributed by atoms with Crippen LogP contribution >= 0.6 is 0 Å². The third-order valence-electron chi connectivity index (χ3n) is 13.3. The topological polar surface area (TPSA) is 104 Å². The molecule has 3 N–H and O–H groups in total. The van der Waals surface area contributed by atoms with Gasteiger partial charge in [-0.05, 0) is 127 Å². The van der Waals surface area contributed by atoms with Gasteiger partial charge in [0.1, 0.15) is 6.10 Å². The van der Waals surface area contributed by atoms with Crippen LogP contribution in [-0.4, -0.2) is 45.6 Å². The Morgan fingerprint density at radius 3 is 2.22 bits per heavy atom. The summed E-state index contributed by atoms with van der Waals surface area (Å²) >= 11 is 0. The molecular weight excluding hydrogens is 564 g/mol. The predicted molar refractivity (Wildman–Crippen MR) is 178 cm³/mol. The van der Waals surface area contributed by atoms with Crippen LogP contribution in [0.2, 0.25) is 0 Å². The highest BCUT2D eigenvalue weighted by Gasteiger charge is 2.70. The highest BCUT2D eigenvalue weighted by molar-refractivity contribution is 5.89. The second-order valence-electron chi connectivity index (χ2n) is 15.6. The van der Waals surface area contributed by atoms with Gasteiger partial charge >= 0.3 is 11.9 Å². The Balaban J connectivity index is 1.57. The number of aliphatic hydroxyl groups is 2. The first kappa shape index (κ1) is 33.7. The standard InChI is InChI=1S/C39H54O6/c1-9-25-10-12-26(13-11-25)27(22(2)3)14-15-28(36(43)44)34-30-20-32(42)35-37(6)18-17-31(41)23(4)29(37)16-19-38(35,7)39(30,8)21-33(34)45-24(5)40/h9-13,23,29-33,35,41-42H,1,14-21H2,2-8H3,(H,43,44)/b34-28-/t23-,29?,30?,31+,32+,33-,35-,37-,38-,39-/m0/s1. The molecule has 0 heterocycles. The Labute approximate surface area is 269 Å². The Bertz CT molecular complexity index is 1400. The molecule has 4 saturated carbocycles. The van der Waals surface area contributed by atoms with Gasteiger partial charge in [-0.25, -0.2) is 4.79 Å². The molecule has 1 aromatic rings. The summed E-state index contributed by atoms with van der Waals surface area (Å²) in [6.07, 6.45) is 5.58. The lowest BCUT2D eigenvalue weighted by atomic mass is 9.36. The van der Waals surface area contributed by atoms with E-state index in [9.17, 15) is 24.9 Å². The summed E-state index contributed by atoms with van der Waals surface area (Å²) < 4.78 is 6.00.